The van der Waals surface area contributed by atoms with Gasteiger partial charge in [0.2, 0.25) is 5.91 Å². The Balaban J connectivity index is 0.00000291. The normalized spacial score (nSPS) is 12.5. The molecule has 0 aromatic heterocycles. The lowest BCUT2D eigenvalue weighted by Gasteiger charge is -2.25. The van der Waals surface area contributed by atoms with Crippen molar-refractivity contribution in [3.05, 3.63) is 71.8 Å². The van der Waals surface area contributed by atoms with Gasteiger partial charge in [0.05, 0.1) is 37.3 Å². The van der Waals surface area contributed by atoms with Gasteiger partial charge in [0.1, 0.15) is 11.9 Å². The molecule has 9 nitrogen and oxygen atoms in total. The molecule has 1 amide bonds. The molecule has 0 saturated carbocycles. The van der Waals surface area contributed by atoms with Gasteiger partial charge in [-0.1, -0.05) is 74.5 Å². The molecular weight excluding hydrogens is 454 g/mol. The maximum Gasteiger partial charge on any atom is 0.240 e. The average Bonchev–Trinajstić information content (AvgIpc) is 2.89. The Bertz CT molecular complexity index is 923. The van der Waals surface area contributed by atoms with Crippen molar-refractivity contribution in [2.24, 2.45) is 16.5 Å². The predicted octanol–water partition coefficient (Wildman–Crippen LogP) is 4.32. The second-order valence-corrected chi connectivity index (χ2v) is 8.34. The van der Waals surface area contributed by atoms with E-state index in [1.807, 2.05) is 74.5 Å². The number of nitrogens with one attached hydrogen (secondary N) is 3. The molecule has 2 atom stereocenters. The van der Waals surface area contributed by atoms with Crippen LogP contribution < -0.4 is 16.8 Å². The van der Waals surface area contributed by atoms with E-state index < -0.39 is 11.6 Å². The highest BCUT2D eigenvalue weighted by Gasteiger charge is 2.26. The minimum Gasteiger partial charge on any atom is -0.386 e. The predicted molar refractivity (Wildman–Crippen MR) is 143 cm³/mol. The summed E-state index contributed by atoms with van der Waals surface area (Å²) >= 11 is 0. The number of hydrogen-bond donors (Lipinski definition) is 5. The molecule has 0 spiro atoms. The fraction of sp³-hybridized carbons (Fsp3) is 0.444. The highest BCUT2D eigenvalue weighted by Crippen LogP contribution is 2.11. The van der Waals surface area contributed by atoms with Crippen LogP contribution in [0.3, 0.4) is 0 Å². The molecular formula is C27H41N7O2. The van der Waals surface area contributed by atoms with Crippen molar-refractivity contribution in [2.45, 2.75) is 71.2 Å². The van der Waals surface area contributed by atoms with E-state index in [0.717, 1.165) is 12.0 Å². The summed E-state index contributed by atoms with van der Waals surface area (Å²) in [6, 6.07) is 21.0. The number of carbonyl (C=O) groups excluding carboxylic acids is 1. The van der Waals surface area contributed by atoms with Gasteiger partial charge in [-0.2, -0.15) is 5.26 Å². The van der Waals surface area contributed by atoms with E-state index >= 15 is 0 Å². The number of carbonyl (C=O) groups is 1. The molecule has 0 aliphatic carbocycles. The standard InChI is InChI=1S/C25H33N5O2.C2H6.H2N2/c1-25(2,28)24(31)30-22(18-32-17-20-11-7-4-8-12-20)23(27)29-21(15-16-26)14-13-19-9-5-3-6-10-19;2*1-2/h3-12,21-22H,13-15,17-18,28H2,1-2H3,(H2,27,29)(H,30,31);1-2H3;1-2H. The number of hydrogen-bond acceptors (Lipinski definition) is 7. The summed E-state index contributed by atoms with van der Waals surface area (Å²) in [5.41, 5.74) is 23.3. The minimum absolute atomic E-state index is 0.143. The van der Waals surface area contributed by atoms with Crippen LogP contribution in [0.4, 0.5) is 0 Å². The van der Waals surface area contributed by atoms with E-state index in [1.54, 1.807) is 13.8 Å². The number of aryl methyl sites for hydroxylation is 1. The number of nitriles is 1. The minimum atomic E-state index is -1.07. The van der Waals surface area contributed by atoms with Crippen molar-refractivity contribution >= 4 is 11.7 Å². The largest absolute Gasteiger partial charge is 0.386 e. The summed E-state index contributed by atoms with van der Waals surface area (Å²) in [6.45, 7) is 7.76. The van der Waals surface area contributed by atoms with Crippen LogP contribution in [0, 0.1) is 22.4 Å². The third-order valence-corrected chi connectivity index (χ3v) is 4.91. The summed E-state index contributed by atoms with van der Waals surface area (Å²) in [5.74, 6) is -0.131. The van der Waals surface area contributed by atoms with Gasteiger partial charge in [-0.25, -0.2) is 11.1 Å². The Morgan fingerprint density at radius 2 is 1.61 bits per heavy atom. The van der Waals surface area contributed by atoms with E-state index in [9.17, 15) is 10.1 Å². The van der Waals surface area contributed by atoms with E-state index in [1.165, 1.54) is 5.56 Å². The molecule has 0 bridgehead atoms. The molecule has 9 heteroatoms. The van der Waals surface area contributed by atoms with Crippen LogP contribution >= 0.6 is 0 Å². The monoisotopic (exact) mass is 495 g/mol. The Morgan fingerprint density at radius 1 is 1.08 bits per heavy atom. The lowest BCUT2D eigenvalue weighted by Crippen LogP contribution is -2.56. The van der Waals surface area contributed by atoms with Gasteiger partial charge in [0.15, 0.2) is 0 Å². The smallest absolute Gasteiger partial charge is 0.240 e. The lowest BCUT2D eigenvalue weighted by atomic mass is 10.0. The SMILES string of the molecule is CC.CC(C)(N)C(=O)NC(COCc1ccccc1)C(N)=NC(CC#N)CCc1ccccc1.N=N. The van der Waals surface area contributed by atoms with E-state index in [0.29, 0.717) is 13.0 Å². The quantitative estimate of drug-likeness (QED) is 0.167. The number of nitrogens with zero attached hydrogens (tertiary/aromatic N) is 2. The zero-order chi connectivity index (χ0) is 27.4. The molecule has 2 rings (SSSR count). The van der Waals surface area contributed by atoms with Gasteiger partial charge in [0.25, 0.3) is 0 Å². The van der Waals surface area contributed by atoms with Crippen LogP contribution in [0.15, 0.2) is 65.7 Å². The maximum atomic E-state index is 12.5. The molecule has 7 N–H and O–H groups in total. The fourth-order valence-corrected chi connectivity index (χ4v) is 3.01. The Hall–Kier alpha value is -3.61. The number of benzene rings is 2. The first-order chi connectivity index (χ1) is 17.3. The summed E-state index contributed by atoms with van der Waals surface area (Å²) in [6.07, 6.45) is 1.69. The molecule has 2 unspecified atom stereocenters. The van der Waals surface area contributed by atoms with Crippen LogP contribution in [-0.2, 0) is 22.6 Å². The zero-order valence-electron chi connectivity index (χ0n) is 21.8. The highest BCUT2D eigenvalue weighted by molar-refractivity contribution is 5.93. The van der Waals surface area contributed by atoms with Crippen LogP contribution in [0.25, 0.3) is 0 Å². The fourth-order valence-electron chi connectivity index (χ4n) is 3.01. The number of aliphatic imine (C=N–C) groups is 1. The van der Waals surface area contributed by atoms with Gasteiger partial charge < -0.3 is 21.5 Å². The lowest BCUT2D eigenvalue weighted by molar-refractivity contribution is -0.125. The van der Waals surface area contributed by atoms with Crippen LogP contribution in [0.2, 0.25) is 0 Å². The number of amides is 1. The van der Waals surface area contributed by atoms with E-state index in [4.69, 9.17) is 27.3 Å². The molecule has 0 aliphatic heterocycles. The van der Waals surface area contributed by atoms with Crippen molar-refractivity contribution in [3.8, 4) is 6.07 Å². The van der Waals surface area contributed by atoms with Crippen LogP contribution in [-0.4, -0.2) is 36.0 Å². The molecule has 36 heavy (non-hydrogen) atoms. The Morgan fingerprint density at radius 3 is 2.11 bits per heavy atom. The van der Waals surface area contributed by atoms with E-state index in [2.05, 4.69) is 16.4 Å². The summed E-state index contributed by atoms with van der Waals surface area (Å²) in [5, 5.41) is 12.1. The maximum absolute atomic E-state index is 12.5. The summed E-state index contributed by atoms with van der Waals surface area (Å²) < 4.78 is 5.81. The molecule has 0 aliphatic rings. The van der Waals surface area contributed by atoms with Gasteiger partial charge >= 0.3 is 0 Å². The van der Waals surface area contributed by atoms with Gasteiger partial charge in [-0.15, -0.1) is 0 Å². The highest BCUT2D eigenvalue weighted by atomic mass is 16.5. The third-order valence-electron chi connectivity index (χ3n) is 4.91. The molecule has 0 heterocycles. The molecule has 2 aromatic rings. The topological polar surface area (TPSA) is 174 Å². The van der Waals surface area contributed by atoms with Crippen molar-refractivity contribution < 1.29 is 9.53 Å². The van der Waals surface area contributed by atoms with E-state index in [-0.39, 0.29) is 30.8 Å². The molecule has 2 aromatic carbocycles. The molecule has 196 valence electrons. The first-order valence-corrected chi connectivity index (χ1v) is 12.0. The number of rotatable bonds is 12. The first kappa shape index (κ1) is 32.4. The average molecular weight is 496 g/mol. The van der Waals surface area contributed by atoms with Crippen molar-refractivity contribution in [2.75, 3.05) is 6.61 Å². The van der Waals surface area contributed by atoms with Crippen molar-refractivity contribution in [1.82, 2.24) is 5.32 Å². The second kappa shape index (κ2) is 18.7. The van der Waals surface area contributed by atoms with Crippen LogP contribution in [0.5, 0.6) is 0 Å². The Kier molecular flexibility index (Phi) is 16.8. The molecule has 0 saturated heterocycles. The van der Waals surface area contributed by atoms with Gasteiger partial charge in [-0.3, -0.25) is 9.79 Å². The number of amidine groups is 1. The summed E-state index contributed by atoms with van der Waals surface area (Å²) in [4.78, 5) is 17.1. The number of ether oxygens (including phenoxy) is 1. The van der Waals surface area contributed by atoms with Gasteiger partial charge in [-0.05, 0) is 37.8 Å². The number of nitrogens with two attached hydrogens (primary N) is 2. The van der Waals surface area contributed by atoms with Crippen molar-refractivity contribution in [3.63, 3.8) is 0 Å². The first-order valence-electron chi connectivity index (χ1n) is 12.0. The second-order valence-electron chi connectivity index (χ2n) is 8.34. The summed E-state index contributed by atoms with van der Waals surface area (Å²) in [7, 11) is 0. The van der Waals surface area contributed by atoms with Crippen LogP contribution in [0.1, 0.15) is 51.7 Å². The Labute approximate surface area is 215 Å². The van der Waals surface area contributed by atoms with Gasteiger partial charge in [0, 0.05) is 0 Å². The zero-order valence-corrected chi connectivity index (χ0v) is 21.8. The third kappa shape index (κ3) is 13.3. The molecule has 0 radical (unpaired) electrons. The molecule has 0 fully saturated rings. The van der Waals surface area contributed by atoms with Crippen molar-refractivity contribution in [1.29, 1.82) is 16.3 Å².